The maximum absolute atomic E-state index is 5.79. The van der Waals surface area contributed by atoms with Gasteiger partial charge in [-0.3, -0.25) is 0 Å². The molecule has 15 heavy (non-hydrogen) atoms. The van der Waals surface area contributed by atoms with Crippen LogP contribution in [0.25, 0.3) is 0 Å². The highest BCUT2D eigenvalue weighted by Crippen LogP contribution is 2.34. The van der Waals surface area contributed by atoms with Crippen molar-refractivity contribution >= 4 is 5.69 Å². The summed E-state index contributed by atoms with van der Waals surface area (Å²) in [6.45, 7) is 6.11. The van der Waals surface area contributed by atoms with Crippen LogP contribution < -0.4 is 15.0 Å². The number of anilines is 1. The smallest absolute Gasteiger partial charge is 0.142 e. The Morgan fingerprint density at radius 2 is 2.40 bits per heavy atom. The SMILES string of the molecule is Cc1ccc2c(c1)OCC1CNCCN21. The average Bonchev–Trinajstić information content (AvgIpc) is 2.28. The number of piperazine rings is 1. The molecular weight excluding hydrogens is 188 g/mol. The number of benzene rings is 1. The predicted octanol–water partition coefficient (Wildman–Crippen LogP) is 1.17. The second-order valence-corrected chi connectivity index (χ2v) is 4.33. The Bertz CT molecular complexity index is 378. The second kappa shape index (κ2) is 3.42. The lowest BCUT2D eigenvalue weighted by Crippen LogP contribution is -2.55. The van der Waals surface area contributed by atoms with E-state index >= 15 is 0 Å². The Morgan fingerprint density at radius 3 is 3.33 bits per heavy atom. The fourth-order valence-electron chi connectivity index (χ4n) is 2.39. The van der Waals surface area contributed by atoms with Crippen molar-refractivity contribution in [1.29, 1.82) is 0 Å². The number of nitrogens with zero attached hydrogens (tertiary/aromatic N) is 1. The molecule has 0 aromatic heterocycles. The first-order chi connectivity index (χ1) is 7.34. The quantitative estimate of drug-likeness (QED) is 0.686. The van der Waals surface area contributed by atoms with Gasteiger partial charge in [-0.2, -0.15) is 0 Å². The molecule has 0 radical (unpaired) electrons. The van der Waals surface area contributed by atoms with E-state index in [1.54, 1.807) is 0 Å². The van der Waals surface area contributed by atoms with Gasteiger partial charge in [0.15, 0.2) is 0 Å². The number of ether oxygens (including phenoxy) is 1. The van der Waals surface area contributed by atoms with Crippen LogP contribution in [-0.2, 0) is 0 Å². The molecule has 80 valence electrons. The summed E-state index contributed by atoms with van der Waals surface area (Å²) < 4.78 is 5.79. The molecule has 0 spiro atoms. The highest BCUT2D eigenvalue weighted by atomic mass is 16.5. The van der Waals surface area contributed by atoms with Gasteiger partial charge in [-0.05, 0) is 24.6 Å². The van der Waals surface area contributed by atoms with E-state index in [0.717, 1.165) is 32.0 Å². The molecule has 1 unspecified atom stereocenters. The van der Waals surface area contributed by atoms with E-state index in [1.165, 1.54) is 11.3 Å². The van der Waals surface area contributed by atoms with Crippen molar-refractivity contribution in [2.45, 2.75) is 13.0 Å². The highest BCUT2D eigenvalue weighted by Gasteiger charge is 2.29. The normalized spacial score (nSPS) is 24.1. The molecule has 0 saturated carbocycles. The van der Waals surface area contributed by atoms with Crippen molar-refractivity contribution in [1.82, 2.24) is 5.32 Å². The molecule has 1 atom stereocenters. The summed E-state index contributed by atoms with van der Waals surface area (Å²) in [4.78, 5) is 2.47. The summed E-state index contributed by atoms with van der Waals surface area (Å²) in [6, 6.07) is 6.98. The largest absolute Gasteiger partial charge is 0.489 e. The Hall–Kier alpha value is -1.22. The first-order valence-corrected chi connectivity index (χ1v) is 5.55. The van der Waals surface area contributed by atoms with Gasteiger partial charge in [-0.15, -0.1) is 0 Å². The van der Waals surface area contributed by atoms with Crippen molar-refractivity contribution in [2.75, 3.05) is 31.1 Å². The number of hydrogen-bond donors (Lipinski definition) is 1. The van der Waals surface area contributed by atoms with Crippen molar-refractivity contribution < 1.29 is 4.74 Å². The minimum absolute atomic E-state index is 0.508. The van der Waals surface area contributed by atoms with Gasteiger partial charge >= 0.3 is 0 Å². The molecule has 0 aliphatic carbocycles. The van der Waals surface area contributed by atoms with Crippen molar-refractivity contribution in [3.05, 3.63) is 23.8 Å². The summed E-state index contributed by atoms with van der Waals surface area (Å²) >= 11 is 0. The van der Waals surface area contributed by atoms with E-state index in [9.17, 15) is 0 Å². The zero-order valence-electron chi connectivity index (χ0n) is 8.99. The zero-order chi connectivity index (χ0) is 10.3. The molecule has 2 heterocycles. The van der Waals surface area contributed by atoms with E-state index in [1.807, 2.05) is 0 Å². The lowest BCUT2D eigenvalue weighted by Gasteiger charge is -2.42. The molecule has 0 amide bonds. The molecule has 3 heteroatoms. The van der Waals surface area contributed by atoms with Crippen LogP contribution in [0.3, 0.4) is 0 Å². The molecular formula is C12H16N2O. The summed E-state index contributed by atoms with van der Waals surface area (Å²) in [5.41, 5.74) is 2.53. The monoisotopic (exact) mass is 204 g/mol. The lowest BCUT2D eigenvalue weighted by atomic mass is 10.1. The van der Waals surface area contributed by atoms with Crippen LogP contribution in [0.5, 0.6) is 5.75 Å². The summed E-state index contributed by atoms with van der Waals surface area (Å²) in [5.74, 6) is 1.05. The third-order valence-electron chi connectivity index (χ3n) is 3.21. The van der Waals surface area contributed by atoms with Crippen LogP contribution in [-0.4, -0.2) is 32.3 Å². The van der Waals surface area contributed by atoms with E-state index in [4.69, 9.17) is 4.74 Å². The van der Waals surface area contributed by atoms with Gasteiger partial charge in [0.05, 0.1) is 11.7 Å². The maximum Gasteiger partial charge on any atom is 0.142 e. The van der Waals surface area contributed by atoms with Crippen LogP contribution in [0.4, 0.5) is 5.69 Å². The lowest BCUT2D eigenvalue weighted by molar-refractivity contribution is 0.247. The Morgan fingerprint density at radius 1 is 1.47 bits per heavy atom. The van der Waals surface area contributed by atoms with E-state index in [0.29, 0.717) is 6.04 Å². The minimum atomic E-state index is 0.508. The Kier molecular flexibility index (Phi) is 2.06. The predicted molar refractivity (Wildman–Crippen MR) is 60.7 cm³/mol. The van der Waals surface area contributed by atoms with E-state index in [2.05, 4.69) is 35.3 Å². The molecule has 2 aliphatic heterocycles. The fraction of sp³-hybridized carbons (Fsp3) is 0.500. The van der Waals surface area contributed by atoms with E-state index in [-0.39, 0.29) is 0 Å². The molecule has 3 rings (SSSR count). The molecule has 1 aromatic carbocycles. The van der Waals surface area contributed by atoms with Gasteiger partial charge in [0.1, 0.15) is 12.4 Å². The van der Waals surface area contributed by atoms with Crippen LogP contribution in [0.15, 0.2) is 18.2 Å². The van der Waals surface area contributed by atoms with Crippen LogP contribution in [0.2, 0.25) is 0 Å². The molecule has 3 nitrogen and oxygen atoms in total. The molecule has 1 aromatic rings. The van der Waals surface area contributed by atoms with Gasteiger partial charge < -0.3 is 15.0 Å². The number of hydrogen-bond acceptors (Lipinski definition) is 3. The van der Waals surface area contributed by atoms with E-state index < -0.39 is 0 Å². The van der Waals surface area contributed by atoms with Gasteiger partial charge in [0.25, 0.3) is 0 Å². The van der Waals surface area contributed by atoms with Crippen molar-refractivity contribution in [3.8, 4) is 5.75 Å². The first-order valence-electron chi connectivity index (χ1n) is 5.55. The number of rotatable bonds is 0. The van der Waals surface area contributed by atoms with Crippen LogP contribution in [0, 0.1) is 6.92 Å². The standard InChI is InChI=1S/C12H16N2O/c1-9-2-3-11-12(6-9)15-8-10-7-13-4-5-14(10)11/h2-3,6,10,13H,4-5,7-8H2,1H3. The van der Waals surface area contributed by atoms with Crippen molar-refractivity contribution in [2.24, 2.45) is 0 Å². The van der Waals surface area contributed by atoms with Crippen molar-refractivity contribution in [3.63, 3.8) is 0 Å². The minimum Gasteiger partial charge on any atom is -0.489 e. The molecule has 2 aliphatic rings. The third kappa shape index (κ3) is 1.47. The zero-order valence-corrected chi connectivity index (χ0v) is 8.99. The highest BCUT2D eigenvalue weighted by molar-refractivity contribution is 5.62. The maximum atomic E-state index is 5.79. The second-order valence-electron chi connectivity index (χ2n) is 4.33. The Balaban J connectivity index is 1.99. The van der Waals surface area contributed by atoms with Gasteiger partial charge in [-0.25, -0.2) is 0 Å². The topological polar surface area (TPSA) is 24.5 Å². The number of fused-ring (bicyclic) bond motifs is 3. The Labute approximate surface area is 90.0 Å². The van der Waals surface area contributed by atoms with Crippen LogP contribution in [0.1, 0.15) is 5.56 Å². The molecule has 1 fully saturated rings. The summed E-state index contributed by atoms with van der Waals surface area (Å²) in [6.07, 6.45) is 0. The summed E-state index contributed by atoms with van der Waals surface area (Å²) in [7, 11) is 0. The van der Waals surface area contributed by atoms with Gasteiger partial charge in [0.2, 0.25) is 0 Å². The summed E-state index contributed by atoms with van der Waals surface area (Å²) in [5, 5.41) is 3.40. The molecule has 0 bridgehead atoms. The van der Waals surface area contributed by atoms with Gasteiger partial charge in [0, 0.05) is 19.6 Å². The first kappa shape index (κ1) is 9.04. The van der Waals surface area contributed by atoms with Crippen LogP contribution >= 0.6 is 0 Å². The third-order valence-corrected chi connectivity index (χ3v) is 3.21. The van der Waals surface area contributed by atoms with Gasteiger partial charge in [-0.1, -0.05) is 6.07 Å². The molecule has 1 N–H and O–H groups in total. The number of aryl methyl sites for hydroxylation is 1. The number of nitrogens with one attached hydrogen (secondary N) is 1. The average molecular weight is 204 g/mol. The molecule has 1 saturated heterocycles. The fourth-order valence-corrected chi connectivity index (χ4v) is 2.39.